The Labute approximate surface area is 742 Å². The van der Waals surface area contributed by atoms with Crippen LogP contribution >= 0.6 is 0 Å². The van der Waals surface area contributed by atoms with E-state index in [0.717, 1.165) is 132 Å². The number of hydrogen-bond donors (Lipinski definition) is 30. The van der Waals surface area contributed by atoms with Gasteiger partial charge in [-0.15, -0.1) is 0 Å². The van der Waals surface area contributed by atoms with Gasteiger partial charge in [0.05, 0.1) is 0 Å². The van der Waals surface area contributed by atoms with Crippen LogP contribution in [0, 0.1) is 41.5 Å². The van der Waals surface area contributed by atoms with Crippen molar-refractivity contribution in [3.8, 4) is 0 Å². The highest BCUT2D eigenvalue weighted by Gasteiger charge is 2.48. The molecule has 0 spiro atoms. The highest BCUT2D eigenvalue weighted by molar-refractivity contribution is 7.05. The van der Waals surface area contributed by atoms with Crippen molar-refractivity contribution in [1.82, 2.24) is 92.5 Å². The topological polar surface area (TPSA) is 529 Å². The Bertz CT molecular complexity index is 5290. The molecule has 0 aliphatic carbocycles. The SMILES string of the molecule is Cc1ccc(B2NB3NB(N2)c2ccc(cc2N)B2NB(c4ccc(C)c(N)c4)NB(N2)c2ccc(cc2N)B2NB(c4ccc(C)c(N)c4)NB(N2)c2ccc(cc2N)B2NB(c4ccc(C)c(N)c4)NB(N2)c2ccc(cc2N)B2NB(c4ccc(C)c(N)c4)NB(N2)c2ccc(cc2N)B2NB(c4ccc(C)c(N)c4)NB(N2)c2ccc3cc2N)cc1N. The minimum absolute atomic E-state index is 0.415. The predicted molar refractivity (Wildman–Crippen MR) is 552 cm³/mol. The molecule has 6 saturated heterocycles. The molecule has 16 aliphatic heterocycles. The van der Waals surface area contributed by atoms with E-state index in [9.17, 15) is 0 Å². The Morgan fingerprint density at radius 3 is 0.325 bits per heavy atom. The first-order chi connectivity index (χ1) is 60.7. The predicted octanol–water partition coefficient (Wildman–Crippen LogP) is -13.6. The largest absolute Gasteiger partial charge is 0.399 e. The third-order valence-electron chi connectivity index (χ3n) is 26.4. The van der Waals surface area contributed by atoms with Gasteiger partial charge in [-0.1, -0.05) is 146 Å². The van der Waals surface area contributed by atoms with Gasteiger partial charge in [-0.05, 0) is 246 Å². The van der Waals surface area contributed by atoms with E-state index >= 15 is 0 Å². The Balaban J connectivity index is 0.715. The smallest absolute Gasteiger partial charge is 0.322 e. The minimum Gasteiger partial charge on any atom is -0.399 e. The number of nitrogen functional groups attached to an aromatic ring is 12. The number of benzene rings is 12. The summed E-state index contributed by atoms with van der Waals surface area (Å²) >= 11 is 0. The summed E-state index contributed by atoms with van der Waals surface area (Å²) in [5, 5.41) is 69.5. The maximum Gasteiger partial charge on any atom is 0.322 e. The van der Waals surface area contributed by atoms with Gasteiger partial charge >= 0.3 is 126 Å². The summed E-state index contributed by atoms with van der Waals surface area (Å²) in [6, 6.07) is 74.1. The van der Waals surface area contributed by atoms with Gasteiger partial charge in [0, 0.05) is 68.2 Å². The zero-order valence-corrected chi connectivity index (χ0v) is 71.1. The molecule has 0 radical (unpaired) electrons. The molecule has 16 heterocycles. The van der Waals surface area contributed by atoms with Gasteiger partial charge in [0.2, 0.25) is 0 Å². The van der Waals surface area contributed by atoms with Crippen LogP contribution in [0.1, 0.15) is 33.4 Å². The third kappa shape index (κ3) is 16.9. The maximum absolute atomic E-state index is 7.42. The summed E-state index contributed by atoms with van der Waals surface area (Å²) in [5.74, 6) is 0. The highest BCUT2D eigenvalue weighted by Crippen LogP contribution is 2.18. The summed E-state index contributed by atoms with van der Waals surface area (Å²) in [7, 11) is 0. The molecule has 24 bridgehead atoms. The highest BCUT2D eigenvalue weighted by atomic mass is 15.1. The van der Waals surface area contributed by atoms with Gasteiger partial charge in [0.15, 0.2) is 0 Å². The number of hydrogen-bond acceptors (Lipinski definition) is 30. The van der Waals surface area contributed by atoms with Crippen LogP contribution in [0.15, 0.2) is 218 Å². The molecule has 0 atom stereocenters. The van der Waals surface area contributed by atoms with Crippen LogP contribution in [0.4, 0.5) is 68.2 Å². The van der Waals surface area contributed by atoms with E-state index < -0.39 is 126 Å². The molecule has 16 aliphatic rings. The summed E-state index contributed by atoms with van der Waals surface area (Å²) in [5.41, 5.74) is 114. The second-order valence-corrected chi connectivity index (χ2v) is 34.8. The van der Waals surface area contributed by atoms with Crippen molar-refractivity contribution in [2.45, 2.75) is 41.5 Å². The molecule has 0 amide bonds. The van der Waals surface area contributed by atoms with Gasteiger partial charge in [0.1, 0.15) is 0 Å². The monoisotopic (exact) mass is 1650 g/mol. The van der Waals surface area contributed by atoms with E-state index in [4.69, 9.17) is 68.8 Å². The Morgan fingerprint density at radius 1 is 0.127 bits per heavy atom. The van der Waals surface area contributed by atoms with Crippen molar-refractivity contribution in [2.24, 2.45) is 0 Å². The lowest BCUT2D eigenvalue weighted by Crippen LogP contribution is -2.84. The van der Waals surface area contributed by atoms with Gasteiger partial charge in [0.25, 0.3) is 0 Å². The molecule has 12 aromatic rings. The number of rotatable bonds is 6. The summed E-state index contributed by atoms with van der Waals surface area (Å²) in [6.45, 7) is 3.70. The van der Waals surface area contributed by atoms with Crippen LogP contribution in [0.2, 0.25) is 0 Å². The van der Waals surface area contributed by atoms with Crippen molar-refractivity contribution in [1.29, 1.82) is 0 Å². The standard InChI is InChI=1S/C78H96B18N30/c1-43-7-13-49(31-67(43)97)79-109-85-55-19-26-62(74(104)37-55)92-116-81(51-15-9-45(3)69(99)33-51)111-87(123-92)57-21-28-64(76(106)39-57)94-118-83(53-17-11-47(5)71(101)35-53)113-89(125-94)59-23-30-66(78(108)41-59)96-120-84(54-18-12-48(6)72(102)36-54)114-90(126-96)60-24-29-65(77(107)42-60)95-119-82(52-16-10-46(4)70(100)34-52)112-88(124-95)58-22-27-63(75(105)40-58)93-117-80(50-14-8-44(2)68(98)32-50)110-86(122-93)56-20-25-61(73(103)38-56)91(115-79)121-85/h7-42,109-126H,97-108H2,1-6H3. The van der Waals surface area contributed by atoms with E-state index in [1.54, 1.807) is 0 Å². The molecule has 126 heavy (non-hydrogen) atoms. The van der Waals surface area contributed by atoms with Crippen molar-refractivity contribution in [2.75, 3.05) is 68.8 Å². The number of anilines is 12. The third-order valence-corrected chi connectivity index (χ3v) is 26.4. The fraction of sp³-hybridized carbons (Fsp3) is 0.0769. The maximum atomic E-state index is 7.42. The van der Waals surface area contributed by atoms with Crippen LogP contribution in [-0.2, 0) is 0 Å². The van der Waals surface area contributed by atoms with Crippen LogP contribution in [-0.4, -0.2) is 126 Å². The molecule has 48 heteroatoms. The van der Waals surface area contributed by atoms with Crippen LogP contribution in [0.3, 0.4) is 0 Å². The van der Waals surface area contributed by atoms with E-state index in [2.05, 4.69) is 202 Å². The Morgan fingerprint density at radius 2 is 0.222 bits per heavy atom. The fourth-order valence-corrected chi connectivity index (χ4v) is 18.5. The minimum atomic E-state index is -0.500. The molecule has 42 N–H and O–H groups in total. The molecule has 28 rings (SSSR count). The number of nitrogens with two attached hydrogens (primary N) is 12. The van der Waals surface area contributed by atoms with Crippen molar-refractivity contribution in [3.05, 3.63) is 252 Å². The molecule has 12 aromatic carbocycles. The first-order valence-corrected chi connectivity index (χ1v) is 42.9. The fourth-order valence-electron chi connectivity index (χ4n) is 18.5. The molecular formula is C78H96B18N30. The zero-order chi connectivity index (χ0) is 87.4. The number of nitrogens with one attached hydrogen (secondary N) is 18. The average Bonchev–Trinajstić information content (AvgIpc) is 0.773. The van der Waals surface area contributed by atoms with Crippen LogP contribution < -0.4 is 260 Å². The second kappa shape index (κ2) is 34.5. The molecule has 0 aromatic heterocycles. The molecule has 612 valence electrons. The summed E-state index contributed by atoms with van der Waals surface area (Å²) in [6.07, 6.45) is 0. The summed E-state index contributed by atoms with van der Waals surface area (Å²) < 4.78 is 0. The molecule has 0 saturated carbocycles. The van der Waals surface area contributed by atoms with Crippen LogP contribution in [0.25, 0.3) is 0 Å². The molecule has 0 unspecified atom stereocenters. The first-order valence-electron chi connectivity index (χ1n) is 42.9. The van der Waals surface area contributed by atoms with Crippen molar-refractivity contribution < 1.29 is 0 Å². The van der Waals surface area contributed by atoms with Gasteiger partial charge in [-0.3, -0.25) is 0 Å². The van der Waals surface area contributed by atoms with Gasteiger partial charge < -0.3 is 161 Å². The molecular weight excluding hydrogens is 1550 g/mol. The van der Waals surface area contributed by atoms with Crippen LogP contribution in [0.5, 0.6) is 0 Å². The van der Waals surface area contributed by atoms with Gasteiger partial charge in [-0.2, -0.15) is 0 Å². The van der Waals surface area contributed by atoms with E-state index in [-0.39, 0.29) is 0 Å². The lowest BCUT2D eigenvalue weighted by Gasteiger charge is -2.37. The lowest BCUT2D eigenvalue weighted by molar-refractivity contribution is 1.19. The number of aryl methyl sites for hydroxylation is 6. The summed E-state index contributed by atoms with van der Waals surface area (Å²) in [4.78, 5) is 0. The first kappa shape index (κ1) is 84.2. The van der Waals surface area contributed by atoms with Crippen molar-refractivity contribution in [3.63, 3.8) is 0 Å². The average molecular weight is 1650 g/mol. The van der Waals surface area contributed by atoms with Crippen molar-refractivity contribution >= 4 is 292 Å². The quantitative estimate of drug-likeness (QED) is 0.0543. The Hall–Kier alpha value is -11.3. The van der Waals surface area contributed by atoms with Gasteiger partial charge in [-0.25, -0.2) is 0 Å². The zero-order valence-electron chi connectivity index (χ0n) is 71.1. The van der Waals surface area contributed by atoms with E-state index in [0.29, 0.717) is 68.2 Å². The lowest BCUT2D eigenvalue weighted by atomic mass is 9.41. The Kier molecular flexibility index (Phi) is 23.0. The second-order valence-electron chi connectivity index (χ2n) is 34.8. The normalized spacial score (nSPS) is 16.3. The molecule has 6 fully saturated rings. The van der Waals surface area contributed by atoms with E-state index in [1.165, 1.54) is 0 Å². The van der Waals surface area contributed by atoms with E-state index in [1.807, 2.05) is 151 Å². The molecule has 30 nitrogen and oxygen atoms in total.